The number of nitrogens with zero attached hydrogens (tertiary/aromatic N) is 1. The number of rotatable bonds is 4. The van der Waals surface area contributed by atoms with Gasteiger partial charge in [0.1, 0.15) is 0 Å². The average Bonchev–Trinajstić information content (AvgIpc) is 2.26. The molecule has 0 fully saturated rings. The summed E-state index contributed by atoms with van der Waals surface area (Å²) in [4.78, 5) is 12.0. The second-order valence-electron chi connectivity index (χ2n) is 3.87. The fourth-order valence-corrected chi connectivity index (χ4v) is 2.09. The summed E-state index contributed by atoms with van der Waals surface area (Å²) >= 11 is 1.51. The van der Waals surface area contributed by atoms with Crippen molar-refractivity contribution in [2.24, 2.45) is 0 Å². The molecule has 0 aromatic heterocycles. The number of hydrogen-bond donors (Lipinski definition) is 0. The van der Waals surface area contributed by atoms with Crippen LogP contribution in [0.2, 0.25) is 0 Å². The van der Waals surface area contributed by atoms with Crippen molar-refractivity contribution in [2.45, 2.75) is 26.0 Å². The Morgan fingerprint density at radius 2 is 1.88 bits per heavy atom. The molecule has 0 radical (unpaired) electrons. The molecule has 1 rings (SSSR count). The minimum absolute atomic E-state index is 0.0371. The van der Waals surface area contributed by atoms with Crippen molar-refractivity contribution in [3.63, 3.8) is 0 Å². The highest BCUT2D eigenvalue weighted by atomic mass is 32.2. The molecule has 0 heterocycles. The summed E-state index contributed by atoms with van der Waals surface area (Å²) in [6.45, 7) is 9.56. The molecule has 0 bridgehead atoms. The predicted octanol–water partition coefficient (Wildman–Crippen LogP) is 3.65. The number of hydrogen-bond acceptors (Lipinski definition) is 2. The summed E-state index contributed by atoms with van der Waals surface area (Å²) in [5, 5.41) is 0.350. The molecule has 0 aliphatic rings. The first-order valence-electron chi connectivity index (χ1n) is 5.24. The van der Waals surface area contributed by atoms with Gasteiger partial charge in [0.15, 0.2) is 0 Å². The Labute approximate surface area is 101 Å². The Balaban J connectivity index is 2.96. The van der Waals surface area contributed by atoms with Gasteiger partial charge in [-0.05, 0) is 31.0 Å². The lowest BCUT2D eigenvalue weighted by molar-refractivity contribution is -0.113. The van der Waals surface area contributed by atoms with Crippen LogP contribution >= 0.6 is 11.9 Å². The summed E-state index contributed by atoms with van der Waals surface area (Å²) in [5.41, 5.74) is 1.45. The van der Waals surface area contributed by atoms with Crippen LogP contribution in [-0.2, 0) is 4.79 Å². The van der Waals surface area contributed by atoms with E-state index in [1.165, 1.54) is 11.9 Å². The summed E-state index contributed by atoms with van der Waals surface area (Å²) in [5.74, 6) is -0.0371. The lowest BCUT2D eigenvalue weighted by Gasteiger charge is -2.23. The van der Waals surface area contributed by atoms with Crippen LogP contribution < -0.4 is 4.31 Å². The van der Waals surface area contributed by atoms with Crippen LogP contribution in [0.1, 0.15) is 20.8 Å². The SMILES string of the molecule is C=C(C)C(=O)N(SC(C)C)c1ccccc1. The van der Waals surface area contributed by atoms with E-state index in [-0.39, 0.29) is 5.91 Å². The fraction of sp³-hybridized carbons (Fsp3) is 0.308. The minimum atomic E-state index is -0.0371. The van der Waals surface area contributed by atoms with Gasteiger partial charge in [-0.25, -0.2) is 0 Å². The average molecular weight is 235 g/mol. The van der Waals surface area contributed by atoms with E-state index in [2.05, 4.69) is 20.4 Å². The molecule has 2 nitrogen and oxygen atoms in total. The van der Waals surface area contributed by atoms with Crippen molar-refractivity contribution < 1.29 is 4.79 Å². The quantitative estimate of drug-likeness (QED) is 0.586. The zero-order chi connectivity index (χ0) is 12.1. The van der Waals surface area contributed by atoms with E-state index in [0.717, 1.165) is 5.69 Å². The second-order valence-corrected chi connectivity index (χ2v) is 5.39. The van der Waals surface area contributed by atoms with E-state index < -0.39 is 0 Å². The Hall–Kier alpha value is -1.22. The molecular weight excluding hydrogens is 218 g/mol. The van der Waals surface area contributed by atoms with Crippen LogP contribution in [0.3, 0.4) is 0 Å². The molecule has 0 aliphatic heterocycles. The third kappa shape index (κ3) is 3.42. The largest absolute Gasteiger partial charge is 0.268 e. The molecule has 0 N–H and O–H groups in total. The topological polar surface area (TPSA) is 20.3 Å². The molecule has 16 heavy (non-hydrogen) atoms. The van der Waals surface area contributed by atoms with E-state index in [0.29, 0.717) is 10.8 Å². The number of carbonyl (C=O) groups is 1. The Kier molecular flexibility index (Phi) is 4.62. The van der Waals surface area contributed by atoms with Crippen LogP contribution in [0.4, 0.5) is 5.69 Å². The maximum Gasteiger partial charge on any atom is 0.263 e. The smallest absolute Gasteiger partial charge is 0.263 e. The van der Waals surface area contributed by atoms with Crippen LogP contribution in [0.25, 0.3) is 0 Å². The second kappa shape index (κ2) is 5.75. The van der Waals surface area contributed by atoms with Crippen molar-refractivity contribution in [3.05, 3.63) is 42.5 Å². The summed E-state index contributed by atoms with van der Waals surface area (Å²) in [6, 6.07) is 9.64. The number of benzene rings is 1. The van der Waals surface area contributed by atoms with E-state index >= 15 is 0 Å². The highest BCUT2D eigenvalue weighted by molar-refractivity contribution is 8.01. The standard InChI is InChI=1S/C13H17NOS/c1-10(2)13(15)14(16-11(3)4)12-8-6-5-7-9-12/h5-9,11H,1H2,2-4H3. The first kappa shape index (κ1) is 12.8. The summed E-state index contributed by atoms with van der Waals surface area (Å²) in [6.07, 6.45) is 0. The normalized spacial score (nSPS) is 10.2. The lowest BCUT2D eigenvalue weighted by Crippen LogP contribution is -2.25. The summed E-state index contributed by atoms with van der Waals surface area (Å²) < 4.78 is 1.70. The number of para-hydroxylation sites is 1. The fourth-order valence-electron chi connectivity index (χ4n) is 1.17. The van der Waals surface area contributed by atoms with E-state index in [4.69, 9.17) is 0 Å². The third-order valence-corrected chi connectivity index (χ3v) is 2.87. The van der Waals surface area contributed by atoms with Crippen molar-refractivity contribution >= 4 is 23.5 Å². The molecule has 1 amide bonds. The molecule has 0 saturated heterocycles. The number of amides is 1. The molecule has 1 aromatic rings. The van der Waals surface area contributed by atoms with E-state index in [1.54, 1.807) is 11.2 Å². The third-order valence-electron chi connectivity index (χ3n) is 1.86. The van der Waals surface area contributed by atoms with Gasteiger partial charge < -0.3 is 0 Å². The molecule has 0 aliphatic carbocycles. The van der Waals surface area contributed by atoms with Crippen LogP contribution in [0, 0.1) is 0 Å². The van der Waals surface area contributed by atoms with Gasteiger partial charge >= 0.3 is 0 Å². The van der Waals surface area contributed by atoms with Gasteiger partial charge in [-0.15, -0.1) is 0 Å². The maximum atomic E-state index is 12.0. The van der Waals surface area contributed by atoms with Crippen molar-refractivity contribution in [1.29, 1.82) is 0 Å². The van der Waals surface area contributed by atoms with Gasteiger partial charge in [0.2, 0.25) is 0 Å². The minimum Gasteiger partial charge on any atom is -0.268 e. The highest BCUT2D eigenvalue weighted by Gasteiger charge is 2.18. The Morgan fingerprint density at radius 1 is 1.31 bits per heavy atom. The first-order chi connectivity index (χ1) is 7.52. The molecule has 0 saturated carbocycles. The number of carbonyl (C=O) groups excluding carboxylic acids is 1. The highest BCUT2D eigenvalue weighted by Crippen LogP contribution is 2.26. The van der Waals surface area contributed by atoms with Gasteiger partial charge in [0, 0.05) is 10.8 Å². The van der Waals surface area contributed by atoms with Gasteiger partial charge in [0.25, 0.3) is 5.91 Å². The van der Waals surface area contributed by atoms with Crippen molar-refractivity contribution in [1.82, 2.24) is 0 Å². The molecule has 0 atom stereocenters. The molecule has 86 valence electrons. The molecule has 3 heteroatoms. The Bertz CT molecular complexity index is 373. The zero-order valence-corrected chi connectivity index (χ0v) is 10.8. The zero-order valence-electron chi connectivity index (χ0n) is 9.93. The molecule has 1 aromatic carbocycles. The number of anilines is 1. The van der Waals surface area contributed by atoms with Gasteiger partial charge in [-0.1, -0.05) is 38.6 Å². The predicted molar refractivity (Wildman–Crippen MR) is 71.5 cm³/mol. The van der Waals surface area contributed by atoms with E-state index in [1.807, 2.05) is 30.3 Å². The van der Waals surface area contributed by atoms with Gasteiger partial charge in [-0.2, -0.15) is 0 Å². The lowest BCUT2D eigenvalue weighted by atomic mass is 10.3. The molecule has 0 spiro atoms. The van der Waals surface area contributed by atoms with Crippen LogP contribution in [0.5, 0.6) is 0 Å². The Morgan fingerprint density at radius 3 is 2.31 bits per heavy atom. The maximum absolute atomic E-state index is 12.0. The molecular formula is C13H17NOS. The van der Waals surface area contributed by atoms with Crippen molar-refractivity contribution in [2.75, 3.05) is 4.31 Å². The van der Waals surface area contributed by atoms with Gasteiger partial charge in [0.05, 0.1) is 5.69 Å². The summed E-state index contributed by atoms with van der Waals surface area (Å²) in [7, 11) is 0. The van der Waals surface area contributed by atoms with Crippen LogP contribution in [0.15, 0.2) is 42.5 Å². The monoisotopic (exact) mass is 235 g/mol. The first-order valence-corrected chi connectivity index (χ1v) is 6.08. The van der Waals surface area contributed by atoms with E-state index in [9.17, 15) is 4.79 Å². The van der Waals surface area contributed by atoms with Crippen LogP contribution in [-0.4, -0.2) is 11.2 Å². The van der Waals surface area contributed by atoms with Crippen molar-refractivity contribution in [3.8, 4) is 0 Å². The molecule has 0 unspecified atom stereocenters. The van der Waals surface area contributed by atoms with Gasteiger partial charge in [-0.3, -0.25) is 9.10 Å².